The van der Waals surface area contributed by atoms with Gasteiger partial charge in [0.15, 0.2) is 0 Å². The fourth-order valence-electron chi connectivity index (χ4n) is 6.79. The summed E-state index contributed by atoms with van der Waals surface area (Å²) in [7, 11) is 0. The van der Waals surface area contributed by atoms with Gasteiger partial charge in [-0.05, 0) is 42.7 Å². The van der Waals surface area contributed by atoms with E-state index in [0.29, 0.717) is 37.7 Å². The third-order valence-electron chi connectivity index (χ3n) is 10.5. The lowest BCUT2D eigenvalue weighted by atomic mass is 9.97. The van der Waals surface area contributed by atoms with Crippen molar-refractivity contribution in [3.63, 3.8) is 0 Å². The molecule has 0 aliphatic carbocycles. The van der Waals surface area contributed by atoms with Crippen molar-refractivity contribution in [1.82, 2.24) is 21.3 Å². The van der Waals surface area contributed by atoms with Gasteiger partial charge in [-0.2, -0.15) is 0 Å². The molecule has 14 heteroatoms. The monoisotopic (exact) mass is 821 g/mol. The smallest absolute Gasteiger partial charge is 0.326 e. The number of carbonyl (C=O) groups excluding carboxylic acids is 6. The number of aryl methyl sites for hydroxylation is 1. The first kappa shape index (κ1) is 49.9. The van der Waals surface area contributed by atoms with Crippen LogP contribution in [0.25, 0.3) is 0 Å². The average Bonchev–Trinajstić information content (AvgIpc) is 3.21. The molecule has 0 radical (unpaired) electrons. The number of rotatable bonds is 32. The van der Waals surface area contributed by atoms with Crippen LogP contribution in [-0.2, 0) is 46.4 Å². The van der Waals surface area contributed by atoms with Gasteiger partial charge in [-0.15, -0.1) is 0 Å². The molecule has 326 valence electrons. The van der Waals surface area contributed by atoms with Gasteiger partial charge in [0.1, 0.15) is 24.2 Å². The molecule has 0 unspecified atom stereocenters. The van der Waals surface area contributed by atoms with Gasteiger partial charge in [-0.3, -0.25) is 28.8 Å². The van der Waals surface area contributed by atoms with Gasteiger partial charge in [0.25, 0.3) is 0 Å². The Kier molecular flexibility index (Phi) is 24.5. The van der Waals surface area contributed by atoms with Gasteiger partial charge < -0.3 is 37.8 Å². The molecule has 14 nitrogen and oxygen atoms in total. The van der Waals surface area contributed by atoms with Gasteiger partial charge >= 0.3 is 5.97 Å². The number of carbonyl (C=O) groups is 7. The highest BCUT2D eigenvalue weighted by Gasteiger charge is 2.30. The van der Waals surface area contributed by atoms with Gasteiger partial charge in [0.05, 0.1) is 6.42 Å². The van der Waals surface area contributed by atoms with Gasteiger partial charge in [0.2, 0.25) is 35.4 Å². The van der Waals surface area contributed by atoms with Crippen LogP contribution in [0.5, 0.6) is 0 Å². The molecule has 0 saturated carbocycles. The van der Waals surface area contributed by atoms with Crippen molar-refractivity contribution in [2.45, 2.75) is 160 Å². The van der Waals surface area contributed by atoms with Crippen LogP contribution in [0.3, 0.4) is 0 Å². The Morgan fingerprint density at radius 1 is 0.576 bits per heavy atom. The fourth-order valence-corrected chi connectivity index (χ4v) is 6.79. The Bertz CT molecular complexity index is 1590. The molecule has 0 aromatic heterocycles. The molecular weight excluding hydrogens is 753 g/mol. The SMILES string of the molecule is CC[C@H](C)[C@H](NC(=O)CCCCCCCCCCCCCCC(=O)N[C@@H](CC(N)=O)C(=O)N[C@@H](Cc1ccccc1)C(=O)O)C(=O)N[C@@H](CCc1ccccc1)C(N)=O. The largest absolute Gasteiger partial charge is 0.480 e. The molecule has 0 aliphatic heterocycles. The van der Waals surface area contributed by atoms with Crippen LogP contribution in [0.2, 0.25) is 0 Å². The number of amides is 6. The number of nitrogens with one attached hydrogen (secondary N) is 4. The summed E-state index contributed by atoms with van der Waals surface area (Å²) in [6, 6.07) is 14.4. The molecule has 0 saturated heterocycles. The molecule has 0 aliphatic rings. The highest BCUT2D eigenvalue weighted by molar-refractivity contribution is 5.94. The number of aliphatic carboxylic acids is 1. The quantitative estimate of drug-likeness (QED) is 0.0507. The number of hydrogen-bond acceptors (Lipinski definition) is 7. The standard InChI is InChI=1S/C45H68N6O8/c1-3-32(2)41(44(57)49-35(42(47)55)29-28-33-22-16-14-17-23-33)51-40(54)27-21-13-11-9-7-5-4-6-8-10-12-20-26-39(53)48-36(31-38(46)52)43(56)50-37(45(58)59)30-34-24-18-15-19-25-34/h14-19,22-25,32,35-37,41H,3-13,20-21,26-31H2,1-2H3,(H2,46,52)(H2,47,55)(H,48,53)(H,49,57)(H,50,56)(H,51,54)(H,58,59)/t32-,35-,36-,37-,41-/m0/s1. The zero-order valence-corrected chi connectivity index (χ0v) is 35.1. The van der Waals surface area contributed by atoms with Crippen LogP contribution >= 0.6 is 0 Å². The predicted molar refractivity (Wildman–Crippen MR) is 227 cm³/mol. The van der Waals surface area contributed by atoms with Crippen LogP contribution in [0.15, 0.2) is 60.7 Å². The first-order valence-corrected chi connectivity index (χ1v) is 21.4. The molecule has 2 rings (SSSR count). The van der Waals surface area contributed by atoms with E-state index in [0.717, 1.165) is 76.2 Å². The Labute approximate surface area is 349 Å². The average molecular weight is 821 g/mol. The summed E-state index contributed by atoms with van der Waals surface area (Å²) in [6.07, 6.45) is 13.5. The first-order chi connectivity index (χ1) is 28.3. The number of unbranched alkanes of at least 4 members (excludes halogenated alkanes) is 11. The second-order valence-corrected chi connectivity index (χ2v) is 15.5. The third-order valence-corrected chi connectivity index (χ3v) is 10.5. The van der Waals surface area contributed by atoms with Crippen molar-refractivity contribution in [3.8, 4) is 0 Å². The van der Waals surface area contributed by atoms with Crippen molar-refractivity contribution in [1.29, 1.82) is 0 Å². The summed E-state index contributed by atoms with van der Waals surface area (Å²) in [5.74, 6) is -4.47. The first-order valence-electron chi connectivity index (χ1n) is 21.4. The van der Waals surface area contributed by atoms with E-state index >= 15 is 0 Å². The molecular formula is C45H68N6O8. The predicted octanol–water partition coefficient (Wildman–Crippen LogP) is 4.75. The van der Waals surface area contributed by atoms with Crippen molar-refractivity contribution in [3.05, 3.63) is 71.8 Å². The highest BCUT2D eigenvalue weighted by atomic mass is 16.4. The zero-order chi connectivity index (χ0) is 43.4. The topological polar surface area (TPSA) is 240 Å². The van der Waals surface area contributed by atoms with Gasteiger partial charge in [-0.25, -0.2) is 4.79 Å². The van der Waals surface area contributed by atoms with E-state index < -0.39 is 66.1 Å². The van der Waals surface area contributed by atoms with Crippen LogP contribution in [0, 0.1) is 5.92 Å². The van der Waals surface area contributed by atoms with Gasteiger partial charge in [0, 0.05) is 19.3 Å². The zero-order valence-electron chi connectivity index (χ0n) is 35.1. The number of hydrogen-bond donors (Lipinski definition) is 7. The summed E-state index contributed by atoms with van der Waals surface area (Å²) in [4.78, 5) is 86.9. The maximum Gasteiger partial charge on any atom is 0.326 e. The highest BCUT2D eigenvalue weighted by Crippen LogP contribution is 2.15. The molecule has 5 atom stereocenters. The van der Waals surface area contributed by atoms with E-state index in [4.69, 9.17) is 11.5 Å². The van der Waals surface area contributed by atoms with E-state index in [9.17, 15) is 38.7 Å². The van der Waals surface area contributed by atoms with E-state index in [1.54, 1.807) is 30.3 Å². The van der Waals surface area contributed by atoms with Crippen LogP contribution in [-0.4, -0.2) is 70.7 Å². The van der Waals surface area contributed by atoms with E-state index in [-0.39, 0.29) is 24.7 Å². The molecule has 2 aromatic carbocycles. The summed E-state index contributed by atoms with van der Waals surface area (Å²) in [6.45, 7) is 3.86. The molecule has 0 fully saturated rings. The van der Waals surface area contributed by atoms with Crippen LogP contribution in [0.1, 0.15) is 134 Å². The second-order valence-electron chi connectivity index (χ2n) is 15.5. The lowest BCUT2D eigenvalue weighted by molar-refractivity contribution is -0.142. The minimum Gasteiger partial charge on any atom is -0.480 e. The van der Waals surface area contributed by atoms with E-state index in [1.165, 1.54) is 0 Å². The van der Waals surface area contributed by atoms with Crippen molar-refractivity contribution >= 4 is 41.4 Å². The number of carboxylic acid groups (broad SMARTS) is 1. The summed E-state index contributed by atoms with van der Waals surface area (Å²) in [5, 5.41) is 20.3. The minimum atomic E-state index is -1.26. The molecule has 2 aromatic rings. The Hall–Kier alpha value is -5.27. The number of nitrogens with two attached hydrogens (primary N) is 2. The lowest BCUT2D eigenvalue weighted by Crippen LogP contribution is -2.55. The maximum atomic E-state index is 13.2. The fraction of sp³-hybridized carbons (Fsp3) is 0.578. The van der Waals surface area contributed by atoms with E-state index in [1.807, 2.05) is 44.2 Å². The van der Waals surface area contributed by atoms with Crippen LogP contribution < -0.4 is 32.7 Å². The normalized spacial score (nSPS) is 13.5. The molecule has 0 spiro atoms. The minimum absolute atomic E-state index is 0.0470. The number of primary amides is 2. The van der Waals surface area contributed by atoms with Crippen molar-refractivity contribution < 1.29 is 38.7 Å². The molecule has 6 amide bonds. The number of carboxylic acids is 1. The number of benzene rings is 2. The maximum absolute atomic E-state index is 13.2. The molecule has 59 heavy (non-hydrogen) atoms. The lowest BCUT2D eigenvalue weighted by Gasteiger charge is -2.26. The summed E-state index contributed by atoms with van der Waals surface area (Å²) in [5.41, 5.74) is 12.7. The van der Waals surface area contributed by atoms with E-state index in [2.05, 4.69) is 21.3 Å². The summed E-state index contributed by atoms with van der Waals surface area (Å²) < 4.78 is 0. The molecule has 0 heterocycles. The van der Waals surface area contributed by atoms with Crippen molar-refractivity contribution in [2.75, 3.05) is 0 Å². The van der Waals surface area contributed by atoms with Gasteiger partial charge in [-0.1, -0.05) is 145 Å². The Morgan fingerprint density at radius 2 is 1.03 bits per heavy atom. The molecule has 0 bridgehead atoms. The second kappa shape index (κ2) is 29.0. The molecule has 9 N–H and O–H groups in total. The summed E-state index contributed by atoms with van der Waals surface area (Å²) >= 11 is 0. The third kappa shape index (κ3) is 21.9. The Balaban J connectivity index is 1.56. The van der Waals surface area contributed by atoms with Crippen LogP contribution in [0.4, 0.5) is 0 Å². The Morgan fingerprint density at radius 3 is 1.49 bits per heavy atom. The van der Waals surface area contributed by atoms with Crippen molar-refractivity contribution in [2.24, 2.45) is 17.4 Å².